The van der Waals surface area contributed by atoms with Gasteiger partial charge in [-0.2, -0.15) is 0 Å². The van der Waals surface area contributed by atoms with Crippen molar-refractivity contribution >= 4 is 5.91 Å². The van der Waals surface area contributed by atoms with Crippen molar-refractivity contribution in [3.8, 4) is 0 Å². The quantitative estimate of drug-likeness (QED) is 0.892. The molecule has 0 aliphatic rings. The molecule has 0 saturated heterocycles. The summed E-state index contributed by atoms with van der Waals surface area (Å²) in [5.41, 5.74) is 8.16. The molecule has 1 atom stereocenters. The van der Waals surface area contributed by atoms with Gasteiger partial charge in [0, 0.05) is 13.6 Å². The minimum absolute atomic E-state index is 0.0325. The molecule has 0 aromatic heterocycles. The highest BCUT2D eigenvalue weighted by Gasteiger charge is 2.15. The molecule has 0 heterocycles. The van der Waals surface area contributed by atoms with Crippen LogP contribution in [-0.2, 0) is 16.8 Å². The van der Waals surface area contributed by atoms with Crippen LogP contribution in [-0.4, -0.2) is 23.9 Å². The Morgan fingerprint density at radius 2 is 1.78 bits per heavy atom. The fourth-order valence-electron chi connectivity index (χ4n) is 1.81. The lowest BCUT2D eigenvalue weighted by molar-refractivity contribution is -0.131. The number of carbonyl (C=O) groups is 1. The van der Waals surface area contributed by atoms with Crippen LogP contribution in [0.2, 0.25) is 0 Å². The van der Waals surface area contributed by atoms with Gasteiger partial charge in [-0.05, 0) is 23.5 Å². The second-order valence-electron chi connectivity index (χ2n) is 5.93. The first-order valence-corrected chi connectivity index (χ1v) is 6.32. The Hall–Kier alpha value is -1.35. The number of likely N-dealkylation sites (N-methyl/N-ethyl adjacent to an activating group) is 1. The number of amides is 1. The van der Waals surface area contributed by atoms with Gasteiger partial charge in [-0.1, -0.05) is 45.0 Å². The zero-order valence-corrected chi connectivity index (χ0v) is 12.0. The lowest BCUT2D eigenvalue weighted by atomic mass is 9.87. The molecule has 0 bridgehead atoms. The Morgan fingerprint density at radius 3 is 2.17 bits per heavy atom. The summed E-state index contributed by atoms with van der Waals surface area (Å²) in [4.78, 5) is 13.3. The third-order valence-corrected chi connectivity index (χ3v) is 3.01. The Kier molecular flexibility index (Phi) is 4.52. The minimum atomic E-state index is -0.441. The van der Waals surface area contributed by atoms with Gasteiger partial charge >= 0.3 is 0 Å². The summed E-state index contributed by atoms with van der Waals surface area (Å²) in [6, 6.07) is 7.96. The van der Waals surface area contributed by atoms with Gasteiger partial charge in [0.1, 0.15) is 0 Å². The van der Waals surface area contributed by atoms with E-state index in [1.54, 1.807) is 18.9 Å². The van der Waals surface area contributed by atoms with Crippen molar-refractivity contribution in [2.45, 2.75) is 45.7 Å². The van der Waals surface area contributed by atoms with Crippen LogP contribution in [0.25, 0.3) is 0 Å². The van der Waals surface area contributed by atoms with Gasteiger partial charge in [-0.3, -0.25) is 4.79 Å². The average Bonchev–Trinajstić information content (AvgIpc) is 2.27. The number of benzene rings is 1. The summed E-state index contributed by atoms with van der Waals surface area (Å²) in [7, 11) is 1.78. The van der Waals surface area contributed by atoms with Gasteiger partial charge in [0.05, 0.1) is 6.04 Å². The second kappa shape index (κ2) is 5.53. The molecular formula is C15H24N2O. The maximum absolute atomic E-state index is 11.7. The van der Waals surface area contributed by atoms with Crippen LogP contribution in [0.15, 0.2) is 24.3 Å². The number of rotatable bonds is 3. The Bertz CT molecular complexity index is 401. The third-order valence-electron chi connectivity index (χ3n) is 3.01. The summed E-state index contributed by atoms with van der Waals surface area (Å²) in [5.74, 6) is -0.0325. The lowest BCUT2D eigenvalue weighted by Gasteiger charge is -2.21. The highest BCUT2D eigenvalue weighted by Crippen LogP contribution is 2.22. The van der Waals surface area contributed by atoms with E-state index in [-0.39, 0.29) is 11.3 Å². The van der Waals surface area contributed by atoms with Crippen LogP contribution in [0.3, 0.4) is 0 Å². The summed E-state index contributed by atoms with van der Waals surface area (Å²) in [6.07, 6.45) is 0. The highest BCUT2D eigenvalue weighted by molar-refractivity contribution is 5.80. The normalized spacial score (nSPS) is 13.2. The SMILES string of the molecule is C[C@@H](N)C(=O)N(C)Cc1ccc(C(C)(C)C)cc1. The maximum Gasteiger partial charge on any atom is 0.239 e. The fraction of sp³-hybridized carbons (Fsp3) is 0.533. The molecule has 18 heavy (non-hydrogen) atoms. The van der Waals surface area contributed by atoms with Crippen LogP contribution in [0.5, 0.6) is 0 Å². The molecule has 0 fully saturated rings. The first-order valence-electron chi connectivity index (χ1n) is 6.32. The van der Waals surface area contributed by atoms with Gasteiger partial charge in [0.15, 0.2) is 0 Å². The van der Waals surface area contributed by atoms with Crippen molar-refractivity contribution in [2.75, 3.05) is 7.05 Å². The first kappa shape index (κ1) is 14.7. The molecule has 3 heteroatoms. The van der Waals surface area contributed by atoms with E-state index < -0.39 is 6.04 Å². The van der Waals surface area contributed by atoms with Crippen LogP contribution >= 0.6 is 0 Å². The lowest BCUT2D eigenvalue weighted by Crippen LogP contribution is -2.39. The summed E-state index contributed by atoms with van der Waals surface area (Å²) in [6.45, 7) is 8.88. The molecule has 3 nitrogen and oxygen atoms in total. The summed E-state index contributed by atoms with van der Waals surface area (Å²) >= 11 is 0. The van der Waals surface area contributed by atoms with Crippen molar-refractivity contribution in [3.05, 3.63) is 35.4 Å². The van der Waals surface area contributed by atoms with Crippen LogP contribution in [0.4, 0.5) is 0 Å². The Balaban J connectivity index is 2.73. The number of nitrogens with two attached hydrogens (primary N) is 1. The van der Waals surface area contributed by atoms with E-state index in [0.29, 0.717) is 6.54 Å². The molecule has 0 unspecified atom stereocenters. The van der Waals surface area contributed by atoms with Gasteiger partial charge in [-0.15, -0.1) is 0 Å². The van der Waals surface area contributed by atoms with E-state index in [1.165, 1.54) is 5.56 Å². The standard InChI is InChI=1S/C15H24N2O/c1-11(16)14(18)17(5)10-12-6-8-13(9-7-12)15(2,3)4/h6-9,11H,10,16H2,1-5H3/t11-/m1/s1. The molecule has 2 N–H and O–H groups in total. The van der Waals surface area contributed by atoms with Crippen LogP contribution < -0.4 is 5.73 Å². The molecule has 100 valence electrons. The number of carbonyl (C=O) groups excluding carboxylic acids is 1. The van der Waals surface area contributed by atoms with E-state index >= 15 is 0 Å². The molecule has 1 aromatic carbocycles. The molecule has 0 aliphatic heterocycles. The van der Waals surface area contributed by atoms with E-state index in [1.807, 2.05) is 0 Å². The molecule has 1 rings (SSSR count). The van der Waals surface area contributed by atoms with E-state index in [2.05, 4.69) is 45.0 Å². The van der Waals surface area contributed by atoms with E-state index in [4.69, 9.17) is 5.73 Å². The molecule has 0 aliphatic carbocycles. The van der Waals surface area contributed by atoms with Gasteiger partial charge < -0.3 is 10.6 Å². The van der Waals surface area contributed by atoms with Crippen molar-refractivity contribution in [2.24, 2.45) is 5.73 Å². The van der Waals surface area contributed by atoms with Crippen molar-refractivity contribution in [1.82, 2.24) is 4.90 Å². The van der Waals surface area contributed by atoms with E-state index in [0.717, 1.165) is 5.56 Å². The number of hydrogen-bond acceptors (Lipinski definition) is 2. The van der Waals surface area contributed by atoms with Gasteiger partial charge in [0.25, 0.3) is 0 Å². The van der Waals surface area contributed by atoms with E-state index in [9.17, 15) is 4.79 Å². The molecule has 0 spiro atoms. The summed E-state index contributed by atoms with van der Waals surface area (Å²) in [5, 5.41) is 0. The van der Waals surface area contributed by atoms with Gasteiger partial charge in [-0.25, -0.2) is 0 Å². The largest absolute Gasteiger partial charge is 0.340 e. The first-order chi connectivity index (χ1) is 8.21. The van der Waals surface area contributed by atoms with Crippen molar-refractivity contribution < 1.29 is 4.79 Å². The monoisotopic (exact) mass is 248 g/mol. The second-order valence-corrected chi connectivity index (χ2v) is 5.93. The molecular weight excluding hydrogens is 224 g/mol. The average molecular weight is 248 g/mol. The molecule has 0 radical (unpaired) electrons. The number of hydrogen-bond donors (Lipinski definition) is 1. The third kappa shape index (κ3) is 3.84. The summed E-state index contributed by atoms with van der Waals surface area (Å²) < 4.78 is 0. The minimum Gasteiger partial charge on any atom is -0.340 e. The Labute approximate surface area is 110 Å². The molecule has 1 amide bonds. The number of nitrogens with zero attached hydrogens (tertiary/aromatic N) is 1. The fourth-order valence-corrected chi connectivity index (χ4v) is 1.81. The maximum atomic E-state index is 11.7. The molecule has 0 saturated carbocycles. The predicted octanol–water partition coefficient (Wildman–Crippen LogP) is 2.29. The molecule has 1 aromatic rings. The zero-order chi connectivity index (χ0) is 13.9. The topological polar surface area (TPSA) is 46.3 Å². The van der Waals surface area contributed by atoms with Crippen LogP contribution in [0, 0.1) is 0 Å². The zero-order valence-electron chi connectivity index (χ0n) is 12.0. The highest BCUT2D eigenvalue weighted by atomic mass is 16.2. The van der Waals surface area contributed by atoms with Crippen molar-refractivity contribution in [3.63, 3.8) is 0 Å². The van der Waals surface area contributed by atoms with Crippen molar-refractivity contribution in [1.29, 1.82) is 0 Å². The smallest absolute Gasteiger partial charge is 0.239 e. The van der Waals surface area contributed by atoms with Gasteiger partial charge in [0.2, 0.25) is 5.91 Å². The predicted molar refractivity (Wildman–Crippen MR) is 75.3 cm³/mol. The Morgan fingerprint density at radius 1 is 1.28 bits per heavy atom. The van der Waals surface area contributed by atoms with Crippen LogP contribution in [0.1, 0.15) is 38.8 Å².